The number of benzene rings is 1. The molecule has 152 valence electrons. The Hall–Kier alpha value is -1.70. The maximum atomic E-state index is 12.9. The Balaban J connectivity index is 1.44. The molecule has 2 amide bonds. The summed E-state index contributed by atoms with van der Waals surface area (Å²) in [5, 5.41) is 1.94. The topological polar surface area (TPSA) is 49.4 Å². The maximum absolute atomic E-state index is 12.9. The lowest BCUT2D eigenvalue weighted by molar-refractivity contribution is -0.137. The molecule has 2 aliphatic heterocycles. The van der Waals surface area contributed by atoms with Crippen LogP contribution in [0.4, 0.5) is 18.9 Å². The molecule has 1 saturated heterocycles. The van der Waals surface area contributed by atoms with E-state index in [-0.39, 0.29) is 24.1 Å². The zero-order chi connectivity index (χ0) is 19.9. The zero-order valence-corrected chi connectivity index (χ0v) is 16.2. The van der Waals surface area contributed by atoms with Crippen LogP contribution in [0.1, 0.15) is 50.5 Å². The SMILES string of the molecule is O=C1Nc2cc(C(F)(F)F)ccc2SC1CC(=O)N1CCCC1C1CCCC1. The second-order valence-corrected chi connectivity index (χ2v) is 9.09. The number of amides is 2. The van der Waals surface area contributed by atoms with Crippen LogP contribution in [0.5, 0.6) is 0 Å². The highest BCUT2D eigenvalue weighted by Gasteiger charge is 2.39. The molecule has 28 heavy (non-hydrogen) atoms. The van der Waals surface area contributed by atoms with Crippen LogP contribution in [0, 0.1) is 5.92 Å². The Kier molecular flexibility index (Phi) is 5.33. The third-order valence-corrected chi connectivity index (χ3v) is 7.33. The van der Waals surface area contributed by atoms with Gasteiger partial charge in [-0.3, -0.25) is 9.59 Å². The Labute approximate surface area is 166 Å². The fourth-order valence-corrected chi connectivity index (χ4v) is 5.75. The van der Waals surface area contributed by atoms with Gasteiger partial charge in [0.25, 0.3) is 0 Å². The van der Waals surface area contributed by atoms with Crippen molar-refractivity contribution in [3.63, 3.8) is 0 Å². The molecule has 0 bridgehead atoms. The standard InChI is InChI=1S/C20H23F3N2O2S/c21-20(22,23)13-7-8-16-14(10-13)24-19(27)17(28-16)11-18(26)25-9-3-6-15(25)12-4-1-2-5-12/h7-8,10,12,15,17H,1-6,9,11H2,(H,24,27). The number of nitrogens with one attached hydrogen (secondary N) is 1. The number of carbonyl (C=O) groups is 2. The Morgan fingerprint density at radius 1 is 1.18 bits per heavy atom. The van der Waals surface area contributed by atoms with Gasteiger partial charge in [0.15, 0.2) is 0 Å². The zero-order valence-electron chi connectivity index (χ0n) is 15.4. The normalized spacial score (nSPS) is 25.7. The number of nitrogens with zero attached hydrogens (tertiary/aromatic N) is 1. The number of fused-ring (bicyclic) bond motifs is 1. The number of rotatable bonds is 3. The van der Waals surface area contributed by atoms with E-state index in [1.165, 1.54) is 43.5 Å². The number of hydrogen-bond donors (Lipinski definition) is 1. The number of alkyl halides is 3. The molecular weight excluding hydrogens is 389 g/mol. The van der Waals surface area contributed by atoms with Gasteiger partial charge in [0.2, 0.25) is 11.8 Å². The van der Waals surface area contributed by atoms with Crippen molar-refractivity contribution < 1.29 is 22.8 Å². The molecule has 1 aromatic carbocycles. The van der Waals surface area contributed by atoms with Gasteiger partial charge < -0.3 is 10.2 Å². The van der Waals surface area contributed by atoms with Crippen molar-refractivity contribution in [1.29, 1.82) is 0 Å². The monoisotopic (exact) mass is 412 g/mol. The third kappa shape index (κ3) is 3.88. The number of thioether (sulfide) groups is 1. The summed E-state index contributed by atoms with van der Waals surface area (Å²) in [6.07, 6.45) is 2.44. The molecule has 4 nitrogen and oxygen atoms in total. The van der Waals surface area contributed by atoms with Gasteiger partial charge in [0, 0.05) is 23.9 Å². The van der Waals surface area contributed by atoms with E-state index in [2.05, 4.69) is 5.32 Å². The lowest BCUT2D eigenvalue weighted by atomic mass is 9.96. The van der Waals surface area contributed by atoms with Gasteiger partial charge in [-0.15, -0.1) is 11.8 Å². The molecule has 8 heteroatoms. The molecule has 2 atom stereocenters. The van der Waals surface area contributed by atoms with Gasteiger partial charge in [-0.05, 0) is 49.8 Å². The van der Waals surface area contributed by atoms with Crippen LogP contribution < -0.4 is 5.32 Å². The van der Waals surface area contributed by atoms with Crippen LogP contribution in [-0.4, -0.2) is 34.6 Å². The summed E-state index contributed by atoms with van der Waals surface area (Å²) in [6.45, 7) is 0.741. The second kappa shape index (κ2) is 7.61. The van der Waals surface area contributed by atoms with Gasteiger partial charge in [-0.2, -0.15) is 13.2 Å². The fraction of sp³-hybridized carbons (Fsp3) is 0.600. The van der Waals surface area contributed by atoms with Crippen LogP contribution in [0.15, 0.2) is 23.1 Å². The first-order chi connectivity index (χ1) is 13.3. The largest absolute Gasteiger partial charge is 0.416 e. The molecule has 0 aromatic heterocycles. The Morgan fingerprint density at radius 2 is 1.93 bits per heavy atom. The lowest BCUT2D eigenvalue weighted by Gasteiger charge is -2.31. The third-order valence-electron chi connectivity index (χ3n) is 6.05. The van der Waals surface area contributed by atoms with E-state index in [4.69, 9.17) is 0 Å². The molecule has 1 saturated carbocycles. The van der Waals surface area contributed by atoms with Crippen molar-refractivity contribution in [2.75, 3.05) is 11.9 Å². The number of likely N-dealkylation sites (tertiary alicyclic amines) is 1. The summed E-state index contributed by atoms with van der Waals surface area (Å²) < 4.78 is 38.6. The molecule has 1 N–H and O–H groups in total. The smallest absolute Gasteiger partial charge is 0.339 e. The van der Waals surface area contributed by atoms with Crippen molar-refractivity contribution in [3.05, 3.63) is 23.8 Å². The average Bonchev–Trinajstić information content (AvgIpc) is 3.32. The number of halogens is 3. The van der Waals surface area contributed by atoms with E-state index in [0.717, 1.165) is 31.5 Å². The summed E-state index contributed by atoms with van der Waals surface area (Å²) in [6, 6.07) is 3.62. The van der Waals surface area contributed by atoms with Gasteiger partial charge in [-0.25, -0.2) is 0 Å². The lowest BCUT2D eigenvalue weighted by Crippen LogP contribution is -2.42. The highest BCUT2D eigenvalue weighted by molar-refractivity contribution is 8.01. The highest BCUT2D eigenvalue weighted by atomic mass is 32.2. The van der Waals surface area contributed by atoms with E-state index in [0.29, 0.717) is 10.8 Å². The molecule has 3 aliphatic rings. The molecule has 0 spiro atoms. The molecular formula is C20H23F3N2O2S. The van der Waals surface area contributed by atoms with Crippen LogP contribution in [0.3, 0.4) is 0 Å². The summed E-state index contributed by atoms with van der Waals surface area (Å²) in [5.74, 6) is 0.153. The van der Waals surface area contributed by atoms with E-state index < -0.39 is 22.9 Å². The van der Waals surface area contributed by atoms with Crippen LogP contribution in [0.2, 0.25) is 0 Å². The predicted octanol–water partition coefficient (Wildman–Crippen LogP) is 4.69. The van der Waals surface area contributed by atoms with Crippen molar-refractivity contribution >= 4 is 29.3 Å². The van der Waals surface area contributed by atoms with E-state index in [9.17, 15) is 22.8 Å². The Morgan fingerprint density at radius 3 is 2.64 bits per heavy atom. The molecule has 1 aromatic rings. The van der Waals surface area contributed by atoms with E-state index in [1.54, 1.807) is 0 Å². The number of hydrogen-bond acceptors (Lipinski definition) is 3. The van der Waals surface area contributed by atoms with Gasteiger partial charge in [0.05, 0.1) is 16.5 Å². The quantitative estimate of drug-likeness (QED) is 0.784. The predicted molar refractivity (Wildman–Crippen MR) is 101 cm³/mol. The Bertz CT molecular complexity index is 777. The molecule has 1 aliphatic carbocycles. The first-order valence-corrected chi connectivity index (χ1v) is 10.7. The minimum Gasteiger partial charge on any atom is -0.339 e. The van der Waals surface area contributed by atoms with Crippen LogP contribution in [-0.2, 0) is 15.8 Å². The van der Waals surface area contributed by atoms with Crippen LogP contribution >= 0.6 is 11.8 Å². The second-order valence-electron chi connectivity index (χ2n) is 7.85. The molecule has 2 heterocycles. The van der Waals surface area contributed by atoms with Crippen molar-refractivity contribution in [1.82, 2.24) is 4.90 Å². The van der Waals surface area contributed by atoms with Gasteiger partial charge >= 0.3 is 6.18 Å². The summed E-state index contributed by atoms with van der Waals surface area (Å²) in [5.41, 5.74) is -0.628. The first kappa shape index (κ1) is 19.6. The molecule has 4 rings (SSSR count). The maximum Gasteiger partial charge on any atom is 0.416 e. The summed E-state index contributed by atoms with van der Waals surface area (Å²) in [7, 11) is 0. The average molecular weight is 412 g/mol. The first-order valence-electron chi connectivity index (χ1n) is 9.81. The molecule has 2 unspecified atom stereocenters. The number of anilines is 1. The van der Waals surface area contributed by atoms with Gasteiger partial charge in [0.1, 0.15) is 0 Å². The highest BCUT2D eigenvalue weighted by Crippen LogP contribution is 2.41. The van der Waals surface area contributed by atoms with Gasteiger partial charge in [-0.1, -0.05) is 12.8 Å². The van der Waals surface area contributed by atoms with E-state index in [1.807, 2.05) is 4.90 Å². The molecule has 0 radical (unpaired) electrons. The van der Waals surface area contributed by atoms with E-state index >= 15 is 0 Å². The van der Waals surface area contributed by atoms with Crippen molar-refractivity contribution in [2.45, 2.75) is 67.3 Å². The minimum atomic E-state index is -4.46. The number of carbonyl (C=O) groups excluding carboxylic acids is 2. The minimum absolute atomic E-state index is 0.0163. The summed E-state index contributed by atoms with van der Waals surface area (Å²) >= 11 is 1.18. The van der Waals surface area contributed by atoms with Crippen LogP contribution in [0.25, 0.3) is 0 Å². The van der Waals surface area contributed by atoms with Crippen molar-refractivity contribution in [2.24, 2.45) is 5.92 Å². The van der Waals surface area contributed by atoms with Crippen molar-refractivity contribution in [3.8, 4) is 0 Å². The summed E-state index contributed by atoms with van der Waals surface area (Å²) in [4.78, 5) is 27.8. The molecule has 2 fully saturated rings. The fourth-order valence-electron chi connectivity index (χ4n) is 4.67.